The molecule has 0 bridgehead atoms. The summed E-state index contributed by atoms with van der Waals surface area (Å²) in [5, 5.41) is 0. The first kappa shape index (κ1) is 21.8. The monoisotopic (exact) mass is 442 g/mol. The molecule has 0 saturated carbocycles. The summed E-state index contributed by atoms with van der Waals surface area (Å²) in [7, 11) is -3.54. The smallest absolute Gasteiger partial charge is 0.243 e. The average Bonchev–Trinajstić information content (AvgIpc) is 3.24. The first-order chi connectivity index (χ1) is 14.9. The van der Waals surface area contributed by atoms with Crippen molar-refractivity contribution in [2.75, 3.05) is 32.8 Å². The molecule has 2 heterocycles. The lowest BCUT2D eigenvalue weighted by Gasteiger charge is -2.36. The Kier molecular flexibility index (Phi) is 6.62. The van der Waals surface area contributed by atoms with E-state index in [1.165, 1.54) is 0 Å². The van der Waals surface area contributed by atoms with Gasteiger partial charge in [0.1, 0.15) is 5.75 Å². The second-order valence-electron chi connectivity index (χ2n) is 8.53. The number of para-hydroxylation sites is 1. The third-order valence-corrected chi connectivity index (χ3v) is 8.48. The number of sulfonamides is 1. The first-order valence-electron chi connectivity index (χ1n) is 10.9. The molecule has 2 atom stereocenters. The van der Waals surface area contributed by atoms with Crippen molar-refractivity contribution in [2.24, 2.45) is 17.8 Å². The molecule has 166 valence electrons. The predicted molar refractivity (Wildman–Crippen MR) is 119 cm³/mol. The number of benzene rings is 2. The van der Waals surface area contributed by atoms with Gasteiger partial charge in [0.2, 0.25) is 15.9 Å². The third kappa shape index (κ3) is 4.93. The fourth-order valence-electron chi connectivity index (χ4n) is 4.87. The van der Waals surface area contributed by atoms with Crippen molar-refractivity contribution in [1.82, 2.24) is 9.21 Å². The van der Waals surface area contributed by atoms with Gasteiger partial charge in [0.15, 0.2) is 0 Å². The lowest BCUT2D eigenvalue weighted by Crippen LogP contribution is -2.40. The molecule has 2 fully saturated rings. The Balaban J connectivity index is 1.51. The maximum atomic E-state index is 13.3. The van der Waals surface area contributed by atoms with Crippen LogP contribution < -0.4 is 4.74 Å². The van der Waals surface area contributed by atoms with Gasteiger partial charge in [0.25, 0.3) is 0 Å². The highest BCUT2D eigenvalue weighted by molar-refractivity contribution is 7.89. The van der Waals surface area contributed by atoms with Crippen LogP contribution in [0.25, 0.3) is 0 Å². The Labute approximate surface area is 184 Å². The van der Waals surface area contributed by atoms with E-state index in [4.69, 9.17) is 4.74 Å². The van der Waals surface area contributed by atoms with Gasteiger partial charge in [-0.05, 0) is 48.9 Å². The van der Waals surface area contributed by atoms with E-state index in [0.717, 1.165) is 31.7 Å². The lowest BCUT2D eigenvalue weighted by atomic mass is 9.79. The van der Waals surface area contributed by atoms with Crippen LogP contribution in [0, 0.1) is 17.8 Å². The van der Waals surface area contributed by atoms with Gasteiger partial charge in [0.05, 0.1) is 11.5 Å². The number of rotatable bonds is 6. The van der Waals surface area contributed by atoms with Crippen molar-refractivity contribution < 1.29 is 17.9 Å². The highest BCUT2D eigenvalue weighted by Gasteiger charge is 2.43. The highest BCUT2D eigenvalue weighted by Crippen LogP contribution is 2.38. The number of piperidine rings is 1. The van der Waals surface area contributed by atoms with Crippen molar-refractivity contribution in [3.05, 3.63) is 60.7 Å². The number of carbonyl (C=O) groups excluding carboxylic acids is 1. The molecule has 2 aliphatic rings. The fourth-order valence-corrected chi connectivity index (χ4v) is 6.42. The molecule has 31 heavy (non-hydrogen) atoms. The zero-order valence-corrected chi connectivity index (χ0v) is 18.7. The topological polar surface area (TPSA) is 66.9 Å². The van der Waals surface area contributed by atoms with E-state index in [1.807, 2.05) is 41.3 Å². The summed E-state index contributed by atoms with van der Waals surface area (Å²) in [5.41, 5.74) is 0. The number of ether oxygens (including phenoxy) is 1. The minimum atomic E-state index is -3.54. The van der Waals surface area contributed by atoms with Crippen LogP contribution in [0.4, 0.5) is 0 Å². The Morgan fingerprint density at radius 1 is 0.968 bits per heavy atom. The standard InChI is InChI=1S/C24H30N2O4S/c1-19(27)25-14-12-20(13-15-25)24-17-26(31(28,29)23-10-6-3-7-11-23)16-21(24)18-30-22-8-4-2-5-9-22/h2-11,20-21,24H,12-18H2,1H3. The molecule has 6 nitrogen and oxygen atoms in total. The summed E-state index contributed by atoms with van der Waals surface area (Å²) in [6, 6.07) is 18.3. The molecule has 4 rings (SSSR count). The SMILES string of the molecule is CC(=O)N1CCC(C2CN(S(=O)(=O)c3ccccc3)CC2COc2ccccc2)CC1. The van der Waals surface area contributed by atoms with Crippen LogP contribution in [-0.4, -0.2) is 56.3 Å². The van der Waals surface area contributed by atoms with E-state index in [2.05, 4.69) is 0 Å². The van der Waals surface area contributed by atoms with Gasteiger partial charge in [0, 0.05) is 39.0 Å². The van der Waals surface area contributed by atoms with Crippen LogP contribution in [0.3, 0.4) is 0 Å². The molecule has 2 aromatic carbocycles. The molecule has 2 saturated heterocycles. The largest absolute Gasteiger partial charge is 0.493 e. The average molecular weight is 443 g/mol. The van der Waals surface area contributed by atoms with E-state index in [0.29, 0.717) is 30.5 Å². The highest BCUT2D eigenvalue weighted by atomic mass is 32.2. The second kappa shape index (κ2) is 9.40. The quantitative estimate of drug-likeness (QED) is 0.689. The lowest BCUT2D eigenvalue weighted by molar-refractivity contribution is -0.130. The summed E-state index contributed by atoms with van der Waals surface area (Å²) in [4.78, 5) is 13.9. The number of amides is 1. The van der Waals surface area contributed by atoms with Gasteiger partial charge < -0.3 is 9.64 Å². The fraction of sp³-hybridized carbons (Fsp3) is 0.458. The van der Waals surface area contributed by atoms with Crippen LogP contribution in [0.1, 0.15) is 19.8 Å². The number of carbonyl (C=O) groups is 1. The van der Waals surface area contributed by atoms with Gasteiger partial charge in [-0.2, -0.15) is 4.31 Å². The molecular weight excluding hydrogens is 412 g/mol. The Morgan fingerprint density at radius 2 is 1.58 bits per heavy atom. The first-order valence-corrected chi connectivity index (χ1v) is 12.4. The summed E-state index contributed by atoms with van der Waals surface area (Å²) in [6.45, 7) is 4.55. The normalized spacial score (nSPS) is 23.1. The van der Waals surface area contributed by atoms with Crippen LogP contribution in [0.2, 0.25) is 0 Å². The molecule has 7 heteroatoms. The Bertz CT molecular complexity index is 973. The van der Waals surface area contributed by atoms with Crippen molar-refractivity contribution in [2.45, 2.75) is 24.7 Å². The number of likely N-dealkylation sites (tertiary alicyclic amines) is 1. The summed E-state index contributed by atoms with van der Waals surface area (Å²) in [5.74, 6) is 1.64. The van der Waals surface area contributed by atoms with Crippen molar-refractivity contribution >= 4 is 15.9 Å². The van der Waals surface area contributed by atoms with E-state index < -0.39 is 10.0 Å². The third-order valence-electron chi connectivity index (χ3n) is 6.64. The van der Waals surface area contributed by atoms with Crippen molar-refractivity contribution in [1.29, 1.82) is 0 Å². The molecule has 0 radical (unpaired) electrons. The van der Waals surface area contributed by atoms with E-state index in [9.17, 15) is 13.2 Å². The van der Waals surface area contributed by atoms with Crippen molar-refractivity contribution in [3.8, 4) is 5.75 Å². The van der Waals surface area contributed by atoms with Crippen LogP contribution in [0.5, 0.6) is 5.75 Å². The van der Waals surface area contributed by atoms with Gasteiger partial charge in [-0.1, -0.05) is 36.4 Å². The van der Waals surface area contributed by atoms with E-state index in [1.54, 1.807) is 35.5 Å². The number of nitrogens with zero attached hydrogens (tertiary/aromatic N) is 2. The zero-order valence-electron chi connectivity index (χ0n) is 17.9. The molecule has 1 amide bonds. The zero-order chi connectivity index (χ0) is 21.8. The second-order valence-corrected chi connectivity index (χ2v) is 10.5. The van der Waals surface area contributed by atoms with Crippen LogP contribution in [0.15, 0.2) is 65.6 Å². The maximum Gasteiger partial charge on any atom is 0.243 e. The summed E-state index contributed by atoms with van der Waals surface area (Å²) in [6.07, 6.45) is 1.82. The Hall–Kier alpha value is -2.38. The molecule has 2 unspecified atom stereocenters. The summed E-state index contributed by atoms with van der Waals surface area (Å²) >= 11 is 0. The molecule has 2 aromatic rings. The number of hydrogen-bond donors (Lipinski definition) is 0. The van der Waals surface area contributed by atoms with Crippen LogP contribution >= 0.6 is 0 Å². The van der Waals surface area contributed by atoms with Gasteiger partial charge in [-0.15, -0.1) is 0 Å². The molecular formula is C24H30N2O4S. The van der Waals surface area contributed by atoms with E-state index >= 15 is 0 Å². The minimum Gasteiger partial charge on any atom is -0.493 e. The Morgan fingerprint density at radius 3 is 2.19 bits per heavy atom. The minimum absolute atomic E-state index is 0.113. The molecule has 0 spiro atoms. The molecule has 0 aromatic heterocycles. The van der Waals surface area contributed by atoms with Gasteiger partial charge >= 0.3 is 0 Å². The number of hydrogen-bond acceptors (Lipinski definition) is 4. The van der Waals surface area contributed by atoms with Gasteiger partial charge in [-0.25, -0.2) is 8.42 Å². The molecule has 0 aliphatic carbocycles. The maximum absolute atomic E-state index is 13.3. The van der Waals surface area contributed by atoms with Crippen molar-refractivity contribution in [3.63, 3.8) is 0 Å². The van der Waals surface area contributed by atoms with Gasteiger partial charge in [-0.3, -0.25) is 4.79 Å². The van der Waals surface area contributed by atoms with Crippen LogP contribution in [-0.2, 0) is 14.8 Å². The van der Waals surface area contributed by atoms with E-state index in [-0.39, 0.29) is 17.7 Å². The molecule has 2 aliphatic heterocycles. The predicted octanol–water partition coefficient (Wildman–Crippen LogP) is 3.26. The molecule has 0 N–H and O–H groups in total. The summed E-state index contributed by atoms with van der Waals surface area (Å²) < 4.78 is 34.2.